The summed E-state index contributed by atoms with van der Waals surface area (Å²) in [5.74, 6) is 0. The molecule has 0 N–H and O–H groups in total. The van der Waals surface area contributed by atoms with Gasteiger partial charge in [0.2, 0.25) is 0 Å². The second kappa shape index (κ2) is 4.01. The van der Waals surface area contributed by atoms with E-state index < -0.39 is 0 Å². The van der Waals surface area contributed by atoms with Crippen molar-refractivity contribution < 1.29 is 0 Å². The van der Waals surface area contributed by atoms with Gasteiger partial charge in [0, 0.05) is 22.4 Å². The van der Waals surface area contributed by atoms with Gasteiger partial charge >= 0.3 is 0 Å². The van der Waals surface area contributed by atoms with Gasteiger partial charge in [-0.1, -0.05) is 13.8 Å². The minimum atomic E-state index is 0.234. The van der Waals surface area contributed by atoms with Crippen LogP contribution in [0.5, 0.6) is 0 Å². The van der Waals surface area contributed by atoms with Crippen molar-refractivity contribution in [2.24, 2.45) is 10.4 Å². The summed E-state index contributed by atoms with van der Waals surface area (Å²) in [6, 6.07) is 2.07. The molecule has 3 nitrogen and oxygen atoms in total. The van der Waals surface area contributed by atoms with E-state index in [0.717, 1.165) is 24.4 Å². The molecule has 18 heavy (non-hydrogen) atoms. The molecule has 1 aromatic rings. The van der Waals surface area contributed by atoms with Crippen molar-refractivity contribution in [2.75, 3.05) is 6.54 Å². The number of hydrogen-bond donors (Lipinski definition) is 0. The maximum Gasteiger partial charge on any atom is 0.116 e. The van der Waals surface area contributed by atoms with Crippen LogP contribution in [-0.4, -0.2) is 22.2 Å². The zero-order chi connectivity index (χ0) is 12.8. The average molecular weight is 241 g/mol. The van der Waals surface area contributed by atoms with Crippen LogP contribution in [0.3, 0.4) is 0 Å². The number of aryl methyl sites for hydroxylation is 1. The molecule has 3 rings (SSSR count). The largest absolute Gasteiger partial charge is 0.284 e. The Morgan fingerprint density at radius 1 is 1.17 bits per heavy atom. The fourth-order valence-corrected chi connectivity index (χ4v) is 3.06. The summed E-state index contributed by atoms with van der Waals surface area (Å²) >= 11 is 0. The lowest BCUT2D eigenvalue weighted by Gasteiger charge is -2.32. The highest BCUT2D eigenvalue weighted by molar-refractivity contribution is 6.12. The van der Waals surface area contributed by atoms with Crippen LogP contribution in [0.1, 0.15) is 44.5 Å². The summed E-state index contributed by atoms with van der Waals surface area (Å²) in [6.45, 7) is 7.42. The molecule has 1 aliphatic carbocycles. The van der Waals surface area contributed by atoms with E-state index in [-0.39, 0.29) is 5.41 Å². The molecule has 0 atom stereocenters. The van der Waals surface area contributed by atoms with Crippen molar-refractivity contribution in [1.29, 1.82) is 0 Å². The fourth-order valence-electron chi connectivity index (χ4n) is 3.06. The van der Waals surface area contributed by atoms with Crippen LogP contribution in [-0.2, 0) is 0 Å². The van der Waals surface area contributed by atoms with Gasteiger partial charge in [-0.3, -0.25) is 4.99 Å². The monoisotopic (exact) mass is 241 g/mol. The highest BCUT2D eigenvalue weighted by Gasteiger charge is 2.35. The Bertz CT molecular complexity index is 553. The Balaban J connectivity index is 2.05. The van der Waals surface area contributed by atoms with Gasteiger partial charge in [0.25, 0.3) is 0 Å². The lowest BCUT2D eigenvalue weighted by molar-refractivity contribution is 0.438. The van der Waals surface area contributed by atoms with Crippen LogP contribution in [0.25, 0.3) is 5.57 Å². The maximum atomic E-state index is 4.78. The molecule has 0 saturated heterocycles. The molecule has 94 valence electrons. The molecule has 1 fully saturated rings. The molecule has 1 aromatic heterocycles. The molecule has 0 radical (unpaired) electrons. The number of nitrogens with zero attached hydrogens (tertiary/aromatic N) is 3. The molecule has 0 unspecified atom stereocenters. The van der Waals surface area contributed by atoms with Crippen molar-refractivity contribution >= 4 is 11.3 Å². The van der Waals surface area contributed by atoms with Crippen molar-refractivity contribution in [1.82, 2.24) is 9.97 Å². The van der Waals surface area contributed by atoms with E-state index in [2.05, 4.69) is 29.9 Å². The fraction of sp³-hybridized carbons (Fsp3) is 0.533. The molecule has 2 aliphatic rings. The Labute approximate surface area is 108 Å². The molecule has 2 heterocycles. The number of rotatable bonds is 1. The van der Waals surface area contributed by atoms with Crippen molar-refractivity contribution in [3.05, 3.63) is 29.4 Å². The van der Waals surface area contributed by atoms with Crippen molar-refractivity contribution in [3.63, 3.8) is 0 Å². The first-order chi connectivity index (χ1) is 8.58. The normalized spacial score (nSPS) is 21.8. The molecule has 0 aromatic carbocycles. The van der Waals surface area contributed by atoms with Gasteiger partial charge in [0.1, 0.15) is 6.33 Å². The third-order valence-corrected chi connectivity index (χ3v) is 4.03. The first-order valence-corrected chi connectivity index (χ1v) is 6.64. The van der Waals surface area contributed by atoms with Crippen LogP contribution in [0, 0.1) is 12.3 Å². The lowest BCUT2D eigenvalue weighted by atomic mass is 9.72. The molecule has 0 bridgehead atoms. The summed E-state index contributed by atoms with van der Waals surface area (Å²) in [7, 11) is 0. The van der Waals surface area contributed by atoms with E-state index in [1.165, 1.54) is 29.7 Å². The van der Waals surface area contributed by atoms with Gasteiger partial charge in [0.05, 0.1) is 12.2 Å². The van der Waals surface area contributed by atoms with Crippen molar-refractivity contribution in [3.8, 4) is 0 Å². The third kappa shape index (κ3) is 1.78. The summed E-state index contributed by atoms with van der Waals surface area (Å²) < 4.78 is 0. The second-order valence-electron chi connectivity index (χ2n) is 5.90. The summed E-state index contributed by atoms with van der Waals surface area (Å²) in [4.78, 5) is 13.4. The third-order valence-electron chi connectivity index (χ3n) is 4.03. The molecule has 0 spiro atoms. The molecule has 0 amide bonds. The highest BCUT2D eigenvalue weighted by Crippen LogP contribution is 2.42. The van der Waals surface area contributed by atoms with Crippen molar-refractivity contribution in [2.45, 2.75) is 40.0 Å². The second-order valence-corrected chi connectivity index (χ2v) is 5.90. The van der Waals surface area contributed by atoms with Crippen LogP contribution in [0.15, 0.2) is 23.0 Å². The summed E-state index contributed by atoms with van der Waals surface area (Å²) in [5.41, 5.74) is 6.41. The first-order valence-electron chi connectivity index (χ1n) is 6.64. The van der Waals surface area contributed by atoms with Crippen LogP contribution in [0.2, 0.25) is 0 Å². The van der Waals surface area contributed by atoms with E-state index in [9.17, 15) is 0 Å². The zero-order valence-electron chi connectivity index (χ0n) is 11.3. The predicted octanol–water partition coefficient (Wildman–Crippen LogP) is 3.20. The number of allylic oxidation sites excluding steroid dienone is 1. The number of fused-ring (bicyclic) bond motifs is 1. The summed E-state index contributed by atoms with van der Waals surface area (Å²) in [6.07, 6.45) is 5.31. The Hall–Kier alpha value is -1.51. The Morgan fingerprint density at radius 2 is 2.00 bits per heavy atom. The first kappa shape index (κ1) is 11.6. The smallest absolute Gasteiger partial charge is 0.116 e. The van der Waals surface area contributed by atoms with Gasteiger partial charge in [-0.15, -0.1) is 0 Å². The quantitative estimate of drug-likeness (QED) is 0.757. The van der Waals surface area contributed by atoms with Crippen LogP contribution >= 0.6 is 0 Å². The van der Waals surface area contributed by atoms with Crippen LogP contribution < -0.4 is 0 Å². The van der Waals surface area contributed by atoms with Gasteiger partial charge in [-0.05, 0) is 37.8 Å². The van der Waals surface area contributed by atoms with Gasteiger partial charge in [-0.25, -0.2) is 9.97 Å². The van der Waals surface area contributed by atoms with Gasteiger partial charge in [-0.2, -0.15) is 0 Å². The van der Waals surface area contributed by atoms with E-state index in [4.69, 9.17) is 4.99 Å². The molecular weight excluding hydrogens is 222 g/mol. The summed E-state index contributed by atoms with van der Waals surface area (Å²) in [5, 5.41) is 0. The minimum Gasteiger partial charge on any atom is -0.284 e. The Morgan fingerprint density at radius 3 is 2.78 bits per heavy atom. The van der Waals surface area contributed by atoms with E-state index in [1.54, 1.807) is 6.33 Å². The minimum absolute atomic E-state index is 0.234. The van der Waals surface area contributed by atoms with E-state index in [0.29, 0.717) is 0 Å². The van der Waals surface area contributed by atoms with E-state index >= 15 is 0 Å². The van der Waals surface area contributed by atoms with Gasteiger partial charge in [0.15, 0.2) is 0 Å². The number of aromatic nitrogens is 2. The lowest BCUT2D eigenvalue weighted by Crippen LogP contribution is -2.28. The molecule has 1 saturated carbocycles. The van der Waals surface area contributed by atoms with Crippen LogP contribution in [0.4, 0.5) is 0 Å². The average Bonchev–Trinajstić information content (AvgIpc) is 2.74. The number of hydrogen-bond acceptors (Lipinski definition) is 3. The number of aliphatic imine (C=N–C) groups is 1. The topological polar surface area (TPSA) is 38.1 Å². The maximum absolute atomic E-state index is 4.78. The predicted molar refractivity (Wildman–Crippen MR) is 73.6 cm³/mol. The standard InChI is InChI=1S/C15H19N3/c1-10-7-13(18-9-17-10)12-8-16-14-11(12)5-4-6-15(14,2)3/h7,9H,4-6,8H2,1-3H3. The Kier molecular flexibility index (Phi) is 2.58. The molecule has 3 heteroatoms. The molecular formula is C15H19N3. The highest BCUT2D eigenvalue weighted by atomic mass is 14.9. The van der Waals surface area contributed by atoms with E-state index in [1.807, 2.05) is 6.92 Å². The van der Waals surface area contributed by atoms with Gasteiger partial charge < -0.3 is 0 Å². The SMILES string of the molecule is Cc1cc(C2=C3CCCC(C)(C)C3=NC2)ncn1. The molecule has 1 aliphatic heterocycles. The zero-order valence-corrected chi connectivity index (χ0v) is 11.3.